The molecule has 1 atom stereocenters. The van der Waals surface area contributed by atoms with Crippen molar-refractivity contribution in [3.8, 4) is 0 Å². The predicted octanol–water partition coefficient (Wildman–Crippen LogP) is 7.56. The number of para-hydroxylation sites is 1. The Balaban J connectivity index is 1.71. The SMILES string of the molecule is CC(C)(C)[C@@H]1CCc2c(sc(NC(=O)c3ccc(F)cc3)c2C(=O)Nc2ccccc2C(F)(F)F)C1. The summed E-state index contributed by atoms with van der Waals surface area (Å²) in [4.78, 5) is 27.2. The lowest BCUT2D eigenvalue weighted by Gasteiger charge is -2.33. The lowest BCUT2D eigenvalue weighted by atomic mass is 9.72. The predicted molar refractivity (Wildman–Crippen MR) is 133 cm³/mol. The molecular weight excluding hydrogens is 492 g/mol. The van der Waals surface area contributed by atoms with E-state index in [1.807, 2.05) is 0 Å². The molecule has 0 unspecified atom stereocenters. The van der Waals surface area contributed by atoms with Crippen molar-refractivity contribution >= 4 is 33.8 Å². The first-order chi connectivity index (χ1) is 16.8. The van der Waals surface area contributed by atoms with Crippen molar-refractivity contribution in [1.29, 1.82) is 0 Å². The summed E-state index contributed by atoms with van der Waals surface area (Å²) in [5.41, 5.74) is -0.148. The molecule has 190 valence electrons. The highest BCUT2D eigenvalue weighted by Gasteiger charge is 2.36. The Morgan fingerprint density at radius 2 is 1.61 bits per heavy atom. The summed E-state index contributed by atoms with van der Waals surface area (Å²) < 4.78 is 53.8. The van der Waals surface area contributed by atoms with Crippen LogP contribution in [-0.4, -0.2) is 11.8 Å². The van der Waals surface area contributed by atoms with E-state index < -0.39 is 29.4 Å². The van der Waals surface area contributed by atoms with E-state index >= 15 is 0 Å². The molecule has 1 aliphatic rings. The van der Waals surface area contributed by atoms with Crippen LogP contribution in [0.5, 0.6) is 0 Å². The zero-order chi connectivity index (χ0) is 26.3. The second-order valence-corrected chi connectivity index (χ2v) is 11.1. The van der Waals surface area contributed by atoms with E-state index in [4.69, 9.17) is 0 Å². The Bertz CT molecular complexity index is 1290. The van der Waals surface area contributed by atoms with Crippen molar-refractivity contribution in [2.24, 2.45) is 11.3 Å². The molecule has 9 heteroatoms. The number of amides is 2. The molecule has 0 spiro atoms. The van der Waals surface area contributed by atoms with Gasteiger partial charge < -0.3 is 10.6 Å². The molecule has 0 radical (unpaired) electrons. The average Bonchev–Trinajstić information content (AvgIpc) is 3.15. The monoisotopic (exact) mass is 518 g/mol. The lowest BCUT2D eigenvalue weighted by molar-refractivity contribution is -0.136. The maximum Gasteiger partial charge on any atom is 0.418 e. The van der Waals surface area contributed by atoms with E-state index in [9.17, 15) is 27.2 Å². The number of hydrogen-bond acceptors (Lipinski definition) is 3. The van der Waals surface area contributed by atoms with Crippen LogP contribution in [0.3, 0.4) is 0 Å². The number of rotatable bonds is 4. The van der Waals surface area contributed by atoms with Gasteiger partial charge in [-0.1, -0.05) is 32.9 Å². The number of hydrogen-bond donors (Lipinski definition) is 2. The number of anilines is 2. The van der Waals surface area contributed by atoms with E-state index in [-0.39, 0.29) is 27.2 Å². The fourth-order valence-electron chi connectivity index (χ4n) is 4.45. The van der Waals surface area contributed by atoms with Gasteiger partial charge in [0.25, 0.3) is 11.8 Å². The van der Waals surface area contributed by atoms with Crippen LogP contribution in [0.4, 0.5) is 28.3 Å². The van der Waals surface area contributed by atoms with Gasteiger partial charge >= 0.3 is 6.18 Å². The first-order valence-electron chi connectivity index (χ1n) is 11.5. The van der Waals surface area contributed by atoms with Gasteiger partial charge in [-0.05, 0) is 72.6 Å². The standard InChI is InChI=1S/C27H26F4N2O2S/c1-26(2,3)16-10-13-18-21(14-16)36-25(33-23(34)15-8-11-17(28)12-9-15)22(18)24(35)32-20-7-5-4-6-19(20)27(29,30)31/h4-9,11-12,16H,10,13-14H2,1-3H3,(H,32,35)(H,33,34)/t16-/m1/s1. The molecule has 0 saturated heterocycles. The van der Waals surface area contributed by atoms with Crippen LogP contribution in [-0.2, 0) is 19.0 Å². The van der Waals surface area contributed by atoms with E-state index in [2.05, 4.69) is 31.4 Å². The normalized spacial score (nSPS) is 15.8. The minimum absolute atomic E-state index is 0.0350. The fraction of sp³-hybridized carbons (Fsp3) is 0.333. The van der Waals surface area contributed by atoms with E-state index in [1.165, 1.54) is 41.7 Å². The number of benzene rings is 2. The molecule has 2 aromatic carbocycles. The van der Waals surface area contributed by atoms with Crippen LogP contribution in [0, 0.1) is 17.2 Å². The number of carbonyl (C=O) groups excluding carboxylic acids is 2. The second kappa shape index (κ2) is 9.69. The molecule has 0 fully saturated rings. The molecule has 0 bridgehead atoms. The zero-order valence-corrected chi connectivity index (χ0v) is 20.9. The van der Waals surface area contributed by atoms with Gasteiger partial charge in [0.2, 0.25) is 0 Å². The van der Waals surface area contributed by atoms with Crippen molar-refractivity contribution in [1.82, 2.24) is 0 Å². The van der Waals surface area contributed by atoms with Crippen LogP contribution in [0.25, 0.3) is 0 Å². The van der Waals surface area contributed by atoms with Crippen molar-refractivity contribution in [2.45, 2.75) is 46.2 Å². The summed E-state index contributed by atoms with van der Waals surface area (Å²) in [7, 11) is 0. The number of carbonyl (C=O) groups is 2. The number of fused-ring (bicyclic) bond motifs is 1. The molecule has 1 aromatic heterocycles. The highest BCUT2D eigenvalue weighted by Crippen LogP contribution is 2.45. The zero-order valence-electron chi connectivity index (χ0n) is 20.1. The fourth-order valence-corrected chi connectivity index (χ4v) is 5.77. The number of halogens is 4. The summed E-state index contributed by atoms with van der Waals surface area (Å²) in [6, 6.07) is 9.75. The second-order valence-electron chi connectivity index (χ2n) is 9.97. The summed E-state index contributed by atoms with van der Waals surface area (Å²) >= 11 is 1.27. The van der Waals surface area contributed by atoms with Gasteiger partial charge in [0.05, 0.1) is 16.8 Å². The van der Waals surface area contributed by atoms with Crippen LogP contribution in [0.15, 0.2) is 48.5 Å². The van der Waals surface area contributed by atoms with Crippen LogP contribution >= 0.6 is 11.3 Å². The third-order valence-electron chi connectivity index (χ3n) is 6.53. The van der Waals surface area contributed by atoms with E-state index in [0.717, 1.165) is 35.1 Å². The molecule has 1 heterocycles. The molecule has 3 aromatic rings. The smallest absolute Gasteiger partial charge is 0.321 e. The van der Waals surface area contributed by atoms with Crippen molar-refractivity contribution in [3.63, 3.8) is 0 Å². The van der Waals surface area contributed by atoms with Gasteiger partial charge in [0, 0.05) is 10.4 Å². The summed E-state index contributed by atoms with van der Waals surface area (Å²) in [5.74, 6) is -1.39. The Labute approximate surface area is 210 Å². The Morgan fingerprint density at radius 3 is 2.25 bits per heavy atom. The Hall–Kier alpha value is -3.20. The van der Waals surface area contributed by atoms with Gasteiger partial charge in [-0.15, -0.1) is 11.3 Å². The van der Waals surface area contributed by atoms with Gasteiger partial charge in [-0.3, -0.25) is 9.59 Å². The molecule has 4 rings (SSSR count). The minimum Gasteiger partial charge on any atom is -0.321 e. The van der Waals surface area contributed by atoms with Gasteiger partial charge in [-0.25, -0.2) is 4.39 Å². The highest BCUT2D eigenvalue weighted by molar-refractivity contribution is 7.17. The van der Waals surface area contributed by atoms with Crippen molar-refractivity contribution in [3.05, 3.63) is 81.5 Å². The summed E-state index contributed by atoms with van der Waals surface area (Å²) in [6.07, 6.45) is -2.55. The first-order valence-corrected chi connectivity index (χ1v) is 12.3. The van der Waals surface area contributed by atoms with Gasteiger partial charge in [0.1, 0.15) is 10.8 Å². The average molecular weight is 519 g/mol. The molecule has 2 N–H and O–H groups in total. The largest absolute Gasteiger partial charge is 0.418 e. The molecule has 36 heavy (non-hydrogen) atoms. The Kier molecular flexibility index (Phi) is 6.96. The first kappa shape index (κ1) is 25.9. The van der Waals surface area contributed by atoms with Crippen molar-refractivity contribution in [2.75, 3.05) is 10.6 Å². The Morgan fingerprint density at radius 1 is 0.944 bits per heavy atom. The van der Waals surface area contributed by atoms with Gasteiger partial charge in [0.15, 0.2) is 0 Å². The highest BCUT2D eigenvalue weighted by atomic mass is 32.1. The maximum absolute atomic E-state index is 13.5. The maximum atomic E-state index is 13.5. The number of thiophene rings is 1. The topological polar surface area (TPSA) is 58.2 Å². The molecular formula is C27H26F4N2O2S. The summed E-state index contributed by atoms with van der Waals surface area (Å²) in [6.45, 7) is 6.44. The molecule has 0 saturated carbocycles. The third kappa shape index (κ3) is 5.46. The molecule has 2 amide bonds. The van der Waals surface area contributed by atoms with Crippen LogP contribution in [0.1, 0.15) is 63.9 Å². The minimum atomic E-state index is -4.64. The van der Waals surface area contributed by atoms with E-state index in [1.54, 1.807) is 0 Å². The van der Waals surface area contributed by atoms with Crippen molar-refractivity contribution < 1.29 is 27.2 Å². The molecule has 4 nitrogen and oxygen atoms in total. The number of nitrogens with one attached hydrogen (secondary N) is 2. The molecule has 0 aliphatic heterocycles. The van der Waals surface area contributed by atoms with Crippen LogP contribution in [0.2, 0.25) is 0 Å². The quantitative estimate of drug-likeness (QED) is 0.350. The van der Waals surface area contributed by atoms with Crippen LogP contribution < -0.4 is 10.6 Å². The van der Waals surface area contributed by atoms with E-state index in [0.29, 0.717) is 18.8 Å². The summed E-state index contributed by atoms with van der Waals surface area (Å²) in [5, 5.41) is 5.43. The van der Waals surface area contributed by atoms with Gasteiger partial charge in [-0.2, -0.15) is 13.2 Å². The lowest BCUT2D eigenvalue weighted by Crippen LogP contribution is -2.27. The molecule has 1 aliphatic carbocycles. The number of alkyl halides is 3. The third-order valence-corrected chi connectivity index (χ3v) is 7.70.